The molecule has 0 unspecified atom stereocenters. The summed E-state index contributed by atoms with van der Waals surface area (Å²) in [5.41, 5.74) is 0. The molecule has 0 aliphatic heterocycles. The monoisotopic (exact) mass is 314 g/mol. The minimum Gasteiger partial charge on any atom is -0.0917 e. The molecule has 2 aliphatic carbocycles. The van der Waals surface area contributed by atoms with Crippen LogP contribution in [0.2, 0.25) is 0 Å². The largest absolute Gasteiger partial charge is 0.0917 e. The van der Waals surface area contributed by atoms with Gasteiger partial charge in [0.05, 0.1) is 0 Å². The Morgan fingerprint density at radius 1 is 0.652 bits per heavy atom. The van der Waals surface area contributed by atoms with Crippen LogP contribution in [0.15, 0.2) is 36.5 Å². The van der Waals surface area contributed by atoms with E-state index < -0.39 is 0 Å². The molecule has 0 saturated heterocycles. The smallest absolute Gasteiger partial charge is 0.0233 e. The van der Waals surface area contributed by atoms with Crippen molar-refractivity contribution in [2.24, 2.45) is 23.7 Å². The molecule has 0 nitrogen and oxygen atoms in total. The van der Waals surface area contributed by atoms with Crippen molar-refractivity contribution >= 4 is 0 Å². The maximum atomic E-state index is 2.55. The highest BCUT2D eigenvalue weighted by Crippen LogP contribution is 2.34. The lowest BCUT2D eigenvalue weighted by molar-refractivity contribution is 0.266. The molecule has 0 aromatic heterocycles. The van der Waals surface area contributed by atoms with Gasteiger partial charge in [0.2, 0.25) is 0 Å². The first-order valence-electron chi connectivity index (χ1n) is 10.2. The molecule has 2 saturated carbocycles. The van der Waals surface area contributed by atoms with Crippen LogP contribution in [0.25, 0.3) is 0 Å². The molecule has 2 rings (SSSR count). The van der Waals surface area contributed by atoms with Gasteiger partial charge in [-0.15, -0.1) is 0 Å². The number of hydrogen-bond donors (Lipinski definition) is 0. The normalized spacial score (nSPS) is 33.1. The Bertz CT molecular complexity index is 371. The summed E-state index contributed by atoms with van der Waals surface area (Å²) in [7, 11) is 0. The van der Waals surface area contributed by atoms with Crippen LogP contribution in [0.5, 0.6) is 0 Å². The Morgan fingerprint density at radius 2 is 1.26 bits per heavy atom. The predicted octanol–water partition coefficient (Wildman–Crippen LogP) is 7.48. The quantitative estimate of drug-likeness (QED) is 0.427. The summed E-state index contributed by atoms with van der Waals surface area (Å²) in [5.74, 6) is 3.72. The van der Waals surface area contributed by atoms with Crippen LogP contribution in [0, 0.1) is 23.7 Å². The average Bonchev–Trinajstić information content (AvgIpc) is 2.59. The first-order valence-corrected chi connectivity index (χ1v) is 10.2. The lowest BCUT2D eigenvalue weighted by Gasteiger charge is -2.27. The van der Waals surface area contributed by atoms with E-state index in [1.165, 1.54) is 70.6 Å². The van der Waals surface area contributed by atoms with Crippen molar-refractivity contribution in [3.05, 3.63) is 36.5 Å². The molecule has 0 aromatic carbocycles. The first kappa shape index (κ1) is 18.6. The highest BCUT2D eigenvalue weighted by atomic mass is 14.3. The average molecular weight is 315 g/mol. The number of rotatable bonds is 7. The summed E-state index contributed by atoms with van der Waals surface area (Å²) < 4.78 is 0. The lowest BCUT2D eigenvalue weighted by Crippen LogP contribution is -2.14. The van der Waals surface area contributed by atoms with Gasteiger partial charge in [-0.3, -0.25) is 0 Å². The summed E-state index contributed by atoms with van der Waals surface area (Å²) in [5, 5.41) is 0. The van der Waals surface area contributed by atoms with Crippen LogP contribution < -0.4 is 0 Å². The third-order valence-electron chi connectivity index (χ3n) is 6.10. The van der Waals surface area contributed by atoms with Gasteiger partial charge in [0.25, 0.3) is 0 Å². The van der Waals surface area contributed by atoms with E-state index in [0.717, 1.165) is 23.7 Å². The fourth-order valence-corrected chi connectivity index (χ4v) is 4.51. The zero-order valence-electron chi connectivity index (χ0n) is 15.6. The molecule has 0 heteroatoms. The summed E-state index contributed by atoms with van der Waals surface area (Å²) in [6.07, 6.45) is 29.8. The van der Waals surface area contributed by atoms with Gasteiger partial charge in [0.15, 0.2) is 0 Å². The lowest BCUT2D eigenvalue weighted by atomic mass is 9.78. The van der Waals surface area contributed by atoms with E-state index in [-0.39, 0.29) is 0 Å². The third-order valence-corrected chi connectivity index (χ3v) is 6.10. The van der Waals surface area contributed by atoms with Gasteiger partial charge in [0.1, 0.15) is 0 Å². The Balaban J connectivity index is 1.55. The molecule has 0 N–H and O–H groups in total. The van der Waals surface area contributed by atoms with Crippen molar-refractivity contribution in [2.75, 3.05) is 0 Å². The van der Waals surface area contributed by atoms with Crippen molar-refractivity contribution < 1.29 is 0 Å². The van der Waals surface area contributed by atoms with E-state index in [1.54, 1.807) is 0 Å². The molecule has 0 aromatic rings. The predicted molar refractivity (Wildman–Crippen MR) is 104 cm³/mol. The fourth-order valence-electron chi connectivity index (χ4n) is 4.51. The maximum Gasteiger partial charge on any atom is -0.0233 e. The van der Waals surface area contributed by atoms with Crippen molar-refractivity contribution in [1.82, 2.24) is 0 Å². The maximum absolute atomic E-state index is 2.55. The first-order chi connectivity index (χ1) is 11.3. The van der Waals surface area contributed by atoms with Crippen LogP contribution in [0.1, 0.15) is 84.5 Å². The van der Waals surface area contributed by atoms with Gasteiger partial charge < -0.3 is 0 Å². The Labute approximate surface area is 145 Å². The van der Waals surface area contributed by atoms with Crippen LogP contribution in [0.3, 0.4) is 0 Å². The Hall–Kier alpha value is -0.780. The highest BCUT2D eigenvalue weighted by molar-refractivity contribution is 4.95. The van der Waals surface area contributed by atoms with E-state index in [0.29, 0.717) is 0 Å². The number of hydrogen-bond acceptors (Lipinski definition) is 0. The molecule has 0 atom stereocenters. The molecule has 0 amide bonds. The van der Waals surface area contributed by atoms with Gasteiger partial charge >= 0.3 is 0 Å². The second kappa shape index (κ2) is 10.9. The van der Waals surface area contributed by atoms with E-state index in [1.807, 2.05) is 0 Å². The van der Waals surface area contributed by atoms with E-state index in [9.17, 15) is 0 Å². The van der Waals surface area contributed by atoms with Crippen LogP contribution in [-0.2, 0) is 0 Å². The van der Waals surface area contributed by atoms with Crippen molar-refractivity contribution in [1.29, 1.82) is 0 Å². The molecule has 2 fully saturated rings. The Kier molecular flexibility index (Phi) is 8.79. The second-order valence-corrected chi connectivity index (χ2v) is 7.90. The van der Waals surface area contributed by atoms with Gasteiger partial charge in [-0.2, -0.15) is 0 Å². The molecular weight excluding hydrogens is 276 g/mol. The van der Waals surface area contributed by atoms with Crippen LogP contribution in [0.4, 0.5) is 0 Å². The number of allylic oxidation sites excluding steroid dienone is 6. The zero-order chi connectivity index (χ0) is 16.3. The van der Waals surface area contributed by atoms with Gasteiger partial charge in [0, 0.05) is 0 Å². The van der Waals surface area contributed by atoms with Crippen LogP contribution >= 0.6 is 0 Å². The molecule has 0 radical (unpaired) electrons. The molecule has 130 valence electrons. The molecule has 23 heavy (non-hydrogen) atoms. The van der Waals surface area contributed by atoms with Crippen LogP contribution in [-0.4, -0.2) is 0 Å². The summed E-state index contributed by atoms with van der Waals surface area (Å²) >= 11 is 0. The second-order valence-electron chi connectivity index (χ2n) is 7.90. The van der Waals surface area contributed by atoms with E-state index in [4.69, 9.17) is 0 Å². The van der Waals surface area contributed by atoms with Gasteiger partial charge in [-0.1, -0.05) is 49.3 Å². The SMILES string of the molecule is C/C=C\CC1CCC(CC/C=C/C2CCC(/C=C/C)CC2)CC1. The standard InChI is InChI=1S/C23H38/c1-3-5-9-21-16-18-23(19-17-21)11-7-6-10-22-14-12-20(8-4-2)13-15-22/h3-6,8,10,20-23H,7,9,11-19H2,1-2H3/b5-3-,8-4+,10-6+. The van der Waals surface area contributed by atoms with Crippen molar-refractivity contribution in [3.8, 4) is 0 Å². The van der Waals surface area contributed by atoms with E-state index >= 15 is 0 Å². The summed E-state index contributed by atoms with van der Waals surface area (Å²) in [4.78, 5) is 0. The van der Waals surface area contributed by atoms with E-state index in [2.05, 4.69) is 50.3 Å². The van der Waals surface area contributed by atoms with Crippen molar-refractivity contribution in [3.63, 3.8) is 0 Å². The molecule has 2 aliphatic rings. The summed E-state index contributed by atoms with van der Waals surface area (Å²) in [6, 6.07) is 0. The van der Waals surface area contributed by atoms with Crippen molar-refractivity contribution in [2.45, 2.75) is 84.5 Å². The topological polar surface area (TPSA) is 0 Å². The molecule has 0 bridgehead atoms. The molecular formula is C23H38. The zero-order valence-corrected chi connectivity index (χ0v) is 15.6. The molecule has 0 heterocycles. The molecule has 0 spiro atoms. The van der Waals surface area contributed by atoms with Gasteiger partial charge in [-0.05, 0) is 95.3 Å². The summed E-state index contributed by atoms with van der Waals surface area (Å²) in [6.45, 7) is 4.30. The minimum absolute atomic E-state index is 0.863. The minimum atomic E-state index is 0.863. The highest BCUT2D eigenvalue weighted by Gasteiger charge is 2.20. The Morgan fingerprint density at radius 3 is 1.87 bits per heavy atom. The van der Waals surface area contributed by atoms with Gasteiger partial charge in [-0.25, -0.2) is 0 Å². The third kappa shape index (κ3) is 7.10. The fraction of sp³-hybridized carbons (Fsp3) is 0.739.